The number of anilines is 2. The van der Waals surface area contributed by atoms with Gasteiger partial charge in [0, 0.05) is 25.0 Å². The zero-order valence-electron chi connectivity index (χ0n) is 14.9. The van der Waals surface area contributed by atoms with E-state index in [1.165, 1.54) is 4.31 Å². The second-order valence-electron chi connectivity index (χ2n) is 6.41. The van der Waals surface area contributed by atoms with E-state index in [4.69, 9.17) is 0 Å². The third-order valence-electron chi connectivity index (χ3n) is 4.51. The van der Waals surface area contributed by atoms with Crippen LogP contribution in [0, 0.1) is 0 Å². The maximum Gasteiger partial charge on any atom is 0.235 e. The minimum atomic E-state index is -3.16. The molecule has 8 nitrogen and oxygen atoms in total. The van der Waals surface area contributed by atoms with Crippen LogP contribution in [0.2, 0.25) is 0 Å². The van der Waals surface area contributed by atoms with E-state index in [9.17, 15) is 8.42 Å². The molecule has 0 aliphatic carbocycles. The Labute approximate surface area is 157 Å². The van der Waals surface area contributed by atoms with Gasteiger partial charge < -0.3 is 5.32 Å². The molecule has 1 saturated heterocycles. The predicted octanol–water partition coefficient (Wildman–Crippen LogP) is 2.38. The monoisotopic (exact) mass is 384 g/mol. The van der Waals surface area contributed by atoms with Crippen molar-refractivity contribution in [2.45, 2.75) is 19.4 Å². The Kier molecular flexibility index (Phi) is 4.53. The second kappa shape index (κ2) is 6.99. The van der Waals surface area contributed by atoms with Crippen LogP contribution in [0.5, 0.6) is 0 Å². The molecular formula is C18H20N6O2S. The van der Waals surface area contributed by atoms with Gasteiger partial charge >= 0.3 is 0 Å². The Hall–Kier alpha value is -2.94. The summed E-state index contributed by atoms with van der Waals surface area (Å²) in [4.78, 5) is 8.73. The lowest BCUT2D eigenvalue weighted by atomic mass is 10.1. The van der Waals surface area contributed by atoms with E-state index < -0.39 is 10.0 Å². The van der Waals surface area contributed by atoms with Gasteiger partial charge in [-0.15, -0.1) is 0 Å². The van der Waals surface area contributed by atoms with Gasteiger partial charge in [0.25, 0.3) is 0 Å². The van der Waals surface area contributed by atoms with Crippen molar-refractivity contribution in [1.82, 2.24) is 19.7 Å². The summed E-state index contributed by atoms with van der Waals surface area (Å²) in [6.07, 6.45) is 7.48. The Morgan fingerprint density at radius 3 is 2.67 bits per heavy atom. The van der Waals surface area contributed by atoms with Gasteiger partial charge in [-0.2, -0.15) is 5.10 Å². The first-order chi connectivity index (χ1) is 13.0. The molecule has 1 atom stereocenters. The van der Waals surface area contributed by atoms with Crippen LogP contribution in [0.3, 0.4) is 0 Å². The minimum absolute atomic E-state index is 0.0172. The highest BCUT2D eigenvalue weighted by molar-refractivity contribution is 7.93. The van der Waals surface area contributed by atoms with Crippen LogP contribution in [-0.4, -0.2) is 40.5 Å². The molecule has 0 saturated carbocycles. The third kappa shape index (κ3) is 3.63. The van der Waals surface area contributed by atoms with E-state index in [1.807, 2.05) is 43.5 Å². The molecule has 1 unspecified atom stereocenters. The van der Waals surface area contributed by atoms with E-state index in [0.717, 1.165) is 5.56 Å². The summed E-state index contributed by atoms with van der Waals surface area (Å²) in [5.74, 6) is 1.49. The van der Waals surface area contributed by atoms with Gasteiger partial charge in [0.15, 0.2) is 5.82 Å². The molecule has 4 rings (SSSR count). The summed E-state index contributed by atoms with van der Waals surface area (Å²) in [7, 11) is -3.16. The lowest BCUT2D eigenvalue weighted by molar-refractivity contribution is 0.599. The summed E-state index contributed by atoms with van der Waals surface area (Å²) < 4.78 is 27.2. The molecule has 1 aliphatic heterocycles. The van der Waals surface area contributed by atoms with Gasteiger partial charge in [-0.1, -0.05) is 12.1 Å². The quantitative estimate of drug-likeness (QED) is 0.726. The number of sulfonamides is 1. The topological polar surface area (TPSA) is 93.0 Å². The largest absolute Gasteiger partial charge is 0.362 e. The molecular weight excluding hydrogens is 364 g/mol. The Bertz CT molecular complexity index is 1020. The van der Waals surface area contributed by atoms with Crippen LogP contribution in [-0.2, 0) is 10.0 Å². The molecule has 2 aromatic heterocycles. The summed E-state index contributed by atoms with van der Waals surface area (Å²) in [6, 6.07) is 9.38. The van der Waals surface area contributed by atoms with Gasteiger partial charge in [0.05, 0.1) is 23.8 Å². The SMILES string of the molecule is CC(Nc1cncc(-n2cccn2)n1)c1ccc(N2CCCS2(=O)=O)cc1. The molecule has 140 valence electrons. The molecule has 0 bridgehead atoms. The summed E-state index contributed by atoms with van der Waals surface area (Å²) in [5, 5.41) is 7.48. The highest BCUT2D eigenvalue weighted by atomic mass is 32.2. The molecule has 0 radical (unpaired) electrons. The smallest absolute Gasteiger partial charge is 0.235 e. The molecule has 9 heteroatoms. The molecule has 3 aromatic rings. The van der Waals surface area contributed by atoms with Gasteiger partial charge in [-0.05, 0) is 37.1 Å². The van der Waals surface area contributed by atoms with E-state index >= 15 is 0 Å². The van der Waals surface area contributed by atoms with Crippen molar-refractivity contribution < 1.29 is 8.42 Å². The van der Waals surface area contributed by atoms with Crippen molar-refractivity contribution in [3.8, 4) is 5.82 Å². The fourth-order valence-electron chi connectivity index (χ4n) is 3.10. The van der Waals surface area contributed by atoms with Crippen molar-refractivity contribution in [3.05, 3.63) is 60.7 Å². The van der Waals surface area contributed by atoms with Gasteiger partial charge in [0.1, 0.15) is 5.82 Å². The zero-order valence-corrected chi connectivity index (χ0v) is 15.7. The van der Waals surface area contributed by atoms with Crippen LogP contribution < -0.4 is 9.62 Å². The molecule has 3 heterocycles. The number of rotatable bonds is 5. The zero-order chi connectivity index (χ0) is 18.9. The average molecular weight is 384 g/mol. The summed E-state index contributed by atoms with van der Waals surface area (Å²) in [6.45, 7) is 2.56. The van der Waals surface area contributed by atoms with E-state index in [0.29, 0.717) is 30.3 Å². The van der Waals surface area contributed by atoms with Crippen LogP contribution in [0.1, 0.15) is 24.9 Å². The molecule has 1 aromatic carbocycles. The first-order valence-corrected chi connectivity index (χ1v) is 10.3. The highest BCUT2D eigenvalue weighted by Gasteiger charge is 2.28. The van der Waals surface area contributed by atoms with E-state index in [1.54, 1.807) is 23.3 Å². The Morgan fingerprint density at radius 1 is 1.19 bits per heavy atom. The Balaban J connectivity index is 1.49. The highest BCUT2D eigenvalue weighted by Crippen LogP contribution is 2.26. The van der Waals surface area contributed by atoms with Crippen LogP contribution in [0.4, 0.5) is 11.5 Å². The number of benzene rings is 1. The Morgan fingerprint density at radius 2 is 2.00 bits per heavy atom. The van der Waals surface area contributed by atoms with Gasteiger partial charge in [-0.25, -0.2) is 18.1 Å². The van der Waals surface area contributed by atoms with Crippen LogP contribution in [0.15, 0.2) is 55.1 Å². The van der Waals surface area contributed by atoms with Crippen molar-refractivity contribution in [1.29, 1.82) is 0 Å². The number of hydrogen-bond donors (Lipinski definition) is 1. The van der Waals surface area contributed by atoms with Crippen LogP contribution in [0.25, 0.3) is 5.82 Å². The standard InChI is InChI=1S/C18H20N6O2S/c1-14(21-17-12-19-13-18(22-17)23-9-2-8-20-23)15-4-6-16(7-5-15)24-10-3-11-27(24,25)26/h2,4-9,12-14H,3,10-11H2,1H3,(H,21,22). The fraction of sp³-hybridized carbons (Fsp3) is 0.278. The normalized spacial score (nSPS) is 17.0. The lowest BCUT2D eigenvalue weighted by Gasteiger charge is -2.19. The van der Waals surface area contributed by atoms with E-state index in [2.05, 4.69) is 20.4 Å². The molecule has 1 aliphatic rings. The molecule has 0 spiro atoms. The molecule has 0 amide bonds. The number of nitrogens with one attached hydrogen (secondary N) is 1. The summed E-state index contributed by atoms with van der Waals surface area (Å²) in [5.41, 5.74) is 1.74. The summed E-state index contributed by atoms with van der Waals surface area (Å²) >= 11 is 0. The van der Waals surface area contributed by atoms with Crippen LogP contribution >= 0.6 is 0 Å². The number of nitrogens with zero attached hydrogens (tertiary/aromatic N) is 5. The van der Waals surface area contributed by atoms with E-state index in [-0.39, 0.29) is 11.8 Å². The molecule has 1 N–H and O–H groups in total. The number of aromatic nitrogens is 4. The third-order valence-corrected chi connectivity index (χ3v) is 6.38. The maximum absolute atomic E-state index is 12.0. The van der Waals surface area contributed by atoms with Gasteiger partial charge in [0.2, 0.25) is 10.0 Å². The van der Waals surface area contributed by atoms with Crippen molar-refractivity contribution >= 4 is 21.5 Å². The second-order valence-corrected chi connectivity index (χ2v) is 8.43. The van der Waals surface area contributed by atoms with Gasteiger partial charge in [-0.3, -0.25) is 9.29 Å². The molecule has 27 heavy (non-hydrogen) atoms. The first-order valence-electron chi connectivity index (χ1n) is 8.72. The minimum Gasteiger partial charge on any atom is -0.362 e. The average Bonchev–Trinajstić information content (AvgIpc) is 3.31. The predicted molar refractivity (Wildman–Crippen MR) is 103 cm³/mol. The fourth-order valence-corrected chi connectivity index (χ4v) is 4.67. The van der Waals surface area contributed by atoms with Crippen molar-refractivity contribution in [2.75, 3.05) is 21.9 Å². The molecule has 1 fully saturated rings. The van der Waals surface area contributed by atoms with Crippen molar-refractivity contribution in [2.24, 2.45) is 0 Å². The number of hydrogen-bond acceptors (Lipinski definition) is 6. The maximum atomic E-state index is 12.0. The first kappa shape index (κ1) is 17.5. The lowest BCUT2D eigenvalue weighted by Crippen LogP contribution is -2.25. The van der Waals surface area contributed by atoms with Crippen molar-refractivity contribution in [3.63, 3.8) is 0 Å².